The number of aromatic nitrogens is 5. The highest BCUT2D eigenvalue weighted by Gasteiger charge is 2.19. The minimum atomic E-state index is -0.104. The summed E-state index contributed by atoms with van der Waals surface area (Å²) in [4.78, 5) is 20.7. The van der Waals surface area contributed by atoms with Gasteiger partial charge in [-0.1, -0.05) is 11.6 Å². The van der Waals surface area contributed by atoms with E-state index in [1.54, 1.807) is 35.5 Å². The minimum Gasteiger partial charge on any atom is -0.368 e. The molecule has 8 nitrogen and oxygen atoms in total. The molecule has 0 radical (unpaired) electrons. The highest BCUT2D eigenvalue weighted by atomic mass is 35.5. The van der Waals surface area contributed by atoms with Gasteiger partial charge in [0.15, 0.2) is 5.82 Å². The van der Waals surface area contributed by atoms with Crippen LogP contribution >= 0.6 is 11.6 Å². The molecule has 1 fully saturated rings. The molecular weight excluding hydrogens is 366 g/mol. The molecule has 0 bridgehead atoms. The summed E-state index contributed by atoms with van der Waals surface area (Å²) in [5.41, 5.74) is 0.921. The molecule has 0 aromatic carbocycles. The Hall–Kier alpha value is -2.71. The fourth-order valence-electron chi connectivity index (χ4n) is 3.20. The first-order chi connectivity index (χ1) is 13.2. The van der Waals surface area contributed by atoms with Crippen LogP contribution in [0.5, 0.6) is 0 Å². The largest absolute Gasteiger partial charge is 0.368 e. The Morgan fingerprint density at radius 3 is 2.63 bits per heavy atom. The van der Waals surface area contributed by atoms with E-state index in [-0.39, 0.29) is 5.56 Å². The third-order valence-corrected chi connectivity index (χ3v) is 4.97. The molecule has 4 heterocycles. The average Bonchev–Trinajstić information content (AvgIpc) is 3.23. The lowest BCUT2D eigenvalue weighted by molar-refractivity contribution is 0.242. The van der Waals surface area contributed by atoms with E-state index < -0.39 is 0 Å². The molecule has 0 N–H and O–H groups in total. The molecule has 0 spiro atoms. The Kier molecular flexibility index (Phi) is 5.17. The molecule has 1 saturated heterocycles. The van der Waals surface area contributed by atoms with Crippen molar-refractivity contribution in [1.82, 2.24) is 29.4 Å². The van der Waals surface area contributed by atoms with Crippen LogP contribution in [0.25, 0.3) is 5.82 Å². The van der Waals surface area contributed by atoms with Gasteiger partial charge in [0.2, 0.25) is 0 Å². The summed E-state index contributed by atoms with van der Waals surface area (Å²) >= 11 is 6.24. The van der Waals surface area contributed by atoms with E-state index in [1.165, 1.54) is 10.7 Å². The Labute approximate surface area is 161 Å². The van der Waals surface area contributed by atoms with E-state index in [2.05, 4.69) is 25.0 Å². The third-order valence-electron chi connectivity index (χ3n) is 4.68. The van der Waals surface area contributed by atoms with Crippen LogP contribution in [0, 0.1) is 0 Å². The first-order valence-corrected chi connectivity index (χ1v) is 9.23. The topological polar surface area (TPSA) is 72.1 Å². The molecule has 0 atom stereocenters. The molecular formula is C18H20ClN7O. The van der Waals surface area contributed by atoms with Gasteiger partial charge in [-0.15, -0.1) is 5.10 Å². The fourth-order valence-corrected chi connectivity index (χ4v) is 3.44. The highest BCUT2D eigenvalue weighted by Crippen LogP contribution is 2.24. The summed E-state index contributed by atoms with van der Waals surface area (Å²) < 4.78 is 3.15. The summed E-state index contributed by atoms with van der Waals surface area (Å²) in [7, 11) is 0. The Balaban J connectivity index is 1.36. The van der Waals surface area contributed by atoms with Crippen molar-refractivity contribution in [3.63, 3.8) is 0 Å². The van der Waals surface area contributed by atoms with Gasteiger partial charge in [-0.3, -0.25) is 14.7 Å². The normalized spacial score (nSPS) is 15.2. The molecule has 1 aliphatic rings. The van der Waals surface area contributed by atoms with Gasteiger partial charge in [-0.05, 0) is 18.2 Å². The van der Waals surface area contributed by atoms with E-state index in [9.17, 15) is 4.79 Å². The van der Waals surface area contributed by atoms with Crippen LogP contribution in [0.2, 0.25) is 5.02 Å². The number of hydrogen-bond donors (Lipinski definition) is 0. The van der Waals surface area contributed by atoms with Crippen molar-refractivity contribution in [2.24, 2.45) is 0 Å². The second-order valence-electron chi connectivity index (χ2n) is 6.36. The lowest BCUT2D eigenvalue weighted by Gasteiger charge is -2.36. The van der Waals surface area contributed by atoms with Crippen molar-refractivity contribution in [1.29, 1.82) is 0 Å². The molecule has 9 heteroatoms. The van der Waals surface area contributed by atoms with Crippen molar-refractivity contribution < 1.29 is 0 Å². The van der Waals surface area contributed by atoms with Crippen molar-refractivity contribution >= 4 is 17.3 Å². The smallest absolute Gasteiger partial charge is 0.266 e. The van der Waals surface area contributed by atoms with Crippen molar-refractivity contribution in [2.45, 2.75) is 6.54 Å². The molecule has 0 amide bonds. The molecule has 1 aliphatic heterocycles. The van der Waals surface area contributed by atoms with Crippen molar-refractivity contribution in [3.05, 3.63) is 64.4 Å². The molecule has 3 aromatic heterocycles. The zero-order valence-corrected chi connectivity index (χ0v) is 15.5. The van der Waals surface area contributed by atoms with Crippen LogP contribution in [0.1, 0.15) is 0 Å². The van der Waals surface area contributed by atoms with Gasteiger partial charge < -0.3 is 4.90 Å². The number of pyridine rings is 1. The molecule has 0 aliphatic carbocycles. The van der Waals surface area contributed by atoms with E-state index in [0.29, 0.717) is 17.4 Å². The Morgan fingerprint density at radius 1 is 1.04 bits per heavy atom. The maximum absolute atomic E-state index is 12.1. The van der Waals surface area contributed by atoms with Crippen LogP contribution in [-0.4, -0.2) is 62.2 Å². The summed E-state index contributed by atoms with van der Waals surface area (Å²) in [6.45, 7) is 4.91. The van der Waals surface area contributed by atoms with Crippen LogP contribution < -0.4 is 10.5 Å². The number of rotatable bonds is 5. The quantitative estimate of drug-likeness (QED) is 0.659. The second-order valence-corrected chi connectivity index (χ2v) is 6.77. The number of halogens is 1. The van der Waals surface area contributed by atoms with Gasteiger partial charge in [-0.25, -0.2) is 9.36 Å². The van der Waals surface area contributed by atoms with E-state index >= 15 is 0 Å². The van der Waals surface area contributed by atoms with Gasteiger partial charge in [0.05, 0.1) is 17.3 Å². The molecule has 4 rings (SSSR count). The molecule has 27 heavy (non-hydrogen) atoms. The number of anilines is 1. The van der Waals surface area contributed by atoms with E-state index in [0.717, 1.165) is 38.4 Å². The van der Waals surface area contributed by atoms with Crippen molar-refractivity contribution in [3.8, 4) is 5.82 Å². The van der Waals surface area contributed by atoms with Gasteiger partial charge >= 0.3 is 0 Å². The lowest BCUT2D eigenvalue weighted by atomic mass is 10.2. The first kappa shape index (κ1) is 17.7. The zero-order valence-electron chi connectivity index (χ0n) is 14.8. The van der Waals surface area contributed by atoms with Gasteiger partial charge in [0.25, 0.3) is 5.56 Å². The van der Waals surface area contributed by atoms with E-state index in [4.69, 9.17) is 11.6 Å². The van der Waals surface area contributed by atoms with Crippen molar-refractivity contribution in [2.75, 3.05) is 37.6 Å². The molecule has 0 unspecified atom stereocenters. The van der Waals surface area contributed by atoms with Gasteiger partial charge in [-0.2, -0.15) is 5.10 Å². The molecule has 0 saturated carbocycles. The molecule has 3 aromatic rings. The summed E-state index contributed by atoms with van der Waals surface area (Å²) in [5, 5.41) is 9.25. The SMILES string of the molecule is O=c1ccc(-n2cccn2)nn1CCN1CCN(c2ccncc2Cl)CC1. The van der Waals surface area contributed by atoms with Gasteiger partial charge in [0.1, 0.15) is 0 Å². The number of hydrogen-bond acceptors (Lipinski definition) is 6. The number of piperazine rings is 1. The lowest BCUT2D eigenvalue weighted by Crippen LogP contribution is -2.47. The number of nitrogens with zero attached hydrogens (tertiary/aromatic N) is 7. The van der Waals surface area contributed by atoms with Crippen LogP contribution in [0.3, 0.4) is 0 Å². The highest BCUT2D eigenvalue weighted by molar-refractivity contribution is 6.33. The predicted octanol–water partition coefficient (Wildman–Crippen LogP) is 1.30. The zero-order chi connectivity index (χ0) is 18.6. The summed E-state index contributed by atoms with van der Waals surface area (Å²) in [5.74, 6) is 0.636. The Morgan fingerprint density at radius 2 is 1.89 bits per heavy atom. The maximum Gasteiger partial charge on any atom is 0.266 e. The average molecular weight is 386 g/mol. The predicted molar refractivity (Wildman–Crippen MR) is 104 cm³/mol. The Bertz CT molecular complexity index is 948. The standard InChI is InChI=1S/C18H20ClN7O/c19-15-14-20-6-4-16(15)24-11-8-23(9-12-24)10-13-26-18(27)3-2-17(22-26)25-7-1-5-21-25/h1-7,14H,8-13H2. The summed E-state index contributed by atoms with van der Waals surface area (Å²) in [6.07, 6.45) is 6.93. The van der Waals surface area contributed by atoms with Crippen LogP contribution in [0.4, 0.5) is 5.69 Å². The third kappa shape index (κ3) is 4.01. The molecule has 140 valence electrons. The van der Waals surface area contributed by atoms with Crippen LogP contribution in [0.15, 0.2) is 53.8 Å². The van der Waals surface area contributed by atoms with Gasteiger partial charge in [0, 0.05) is 63.6 Å². The van der Waals surface area contributed by atoms with E-state index in [1.807, 2.05) is 12.1 Å². The summed E-state index contributed by atoms with van der Waals surface area (Å²) in [6, 6.07) is 6.99. The second kappa shape index (κ2) is 7.89. The minimum absolute atomic E-state index is 0.104. The first-order valence-electron chi connectivity index (χ1n) is 8.86. The fraction of sp³-hybridized carbons (Fsp3) is 0.333. The van der Waals surface area contributed by atoms with Crippen LogP contribution in [-0.2, 0) is 6.54 Å². The monoisotopic (exact) mass is 385 g/mol. The maximum atomic E-state index is 12.1.